The molecule has 1 aliphatic heterocycles. The number of nitrogens with zero attached hydrogens (tertiary/aromatic N) is 5. The first-order valence-electron chi connectivity index (χ1n) is 10.6. The second kappa shape index (κ2) is 8.24. The molecule has 31 heavy (non-hydrogen) atoms. The lowest BCUT2D eigenvalue weighted by molar-refractivity contribution is 0.249. The van der Waals surface area contributed by atoms with Gasteiger partial charge < -0.3 is 15.2 Å². The molecular weight excluding hydrogens is 410 g/mol. The molecule has 0 atom stereocenters. The highest BCUT2D eigenvalue weighted by atomic mass is 32.1. The van der Waals surface area contributed by atoms with Crippen molar-refractivity contribution in [2.45, 2.75) is 19.9 Å². The van der Waals surface area contributed by atoms with Gasteiger partial charge in [-0.15, -0.1) is 0 Å². The SMILES string of the molecule is CCc1cc2ncc(CN3CCN(c4cnc5c(NC)nsc5c4)CC3)cc2[nH]c1=O. The van der Waals surface area contributed by atoms with E-state index in [0.29, 0.717) is 6.42 Å². The van der Waals surface area contributed by atoms with Crippen LogP contribution < -0.4 is 15.8 Å². The molecule has 0 aliphatic carbocycles. The van der Waals surface area contributed by atoms with Gasteiger partial charge in [0.2, 0.25) is 0 Å². The van der Waals surface area contributed by atoms with Crippen LogP contribution in [0.5, 0.6) is 0 Å². The molecular formula is C22H25N7OS. The van der Waals surface area contributed by atoms with Gasteiger partial charge in [0.15, 0.2) is 5.82 Å². The molecule has 0 aromatic carbocycles. The predicted molar refractivity (Wildman–Crippen MR) is 126 cm³/mol. The topological polar surface area (TPSA) is 90.0 Å². The molecule has 2 N–H and O–H groups in total. The molecule has 1 aliphatic rings. The molecule has 0 spiro atoms. The summed E-state index contributed by atoms with van der Waals surface area (Å²) in [5.41, 5.74) is 5.61. The third-order valence-electron chi connectivity index (χ3n) is 5.89. The average Bonchev–Trinajstić information content (AvgIpc) is 3.21. The molecule has 0 bridgehead atoms. The van der Waals surface area contributed by atoms with Crippen LogP contribution in [0.25, 0.3) is 21.3 Å². The second-order valence-corrected chi connectivity index (χ2v) is 8.64. The summed E-state index contributed by atoms with van der Waals surface area (Å²) in [7, 11) is 1.87. The van der Waals surface area contributed by atoms with E-state index in [0.717, 1.165) is 76.6 Å². The van der Waals surface area contributed by atoms with Gasteiger partial charge in [0, 0.05) is 51.5 Å². The van der Waals surface area contributed by atoms with Gasteiger partial charge in [-0.2, -0.15) is 4.37 Å². The molecule has 0 unspecified atom stereocenters. The predicted octanol–water partition coefficient (Wildman–Crippen LogP) is 2.85. The summed E-state index contributed by atoms with van der Waals surface area (Å²) in [6.45, 7) is 6.63. The molecule has 4 aromatic rings. The highest BCUT2D eigenvalue weighted by Gasteiger charge is 2.19. The summed E-state index contributed by atoms with van der Waals surface area (Å²) >= 11 is 1.48. The molecule has 1 fully saturated rings. The van der Waals surface area contributed by atoms with E-state index in [1.54, 1.807) is 0 Å². The first-order valence-corrected chi connectivity index (χ1v) is 11.3. The Morgan fingerprint density at radius 1 is 1.13 bits per heavy atom. The third-order valence-corrected chi connectivity index (χ3v) is 6.67. The summed E-state index contributed by atoms with van der Waals surface area (Å²) in [6.07, 6.45) is 4.58. The van der Waals surface area contributed by atoms with E-state index in [2.05, 4.69) is 46.6 Å². The first kappa shape index (κ1) is 19.9. The number of anilines is 2. The fourth-order valence-electron chi connectivity index (χ4n) is 4.10. The minimum absolute atomic E-state index is 0.0177. The zero-order valence-electron chi connectivity index (χ0n) is 17.7. The fourth-order valence-corrected chi connectivity index (χ4v) is 4.87. The number of fused-ring (bicyclic) bond motifs is 2. The van der Waals surface area contributed by atoms with Crippen molar-refractivity contribution in [3.8, 4) is 0 Å². The van der Waals surface area contributed by atoms with Gasteiger partial charge >= 0.3 is 0 Å². The van der Waals surface area contributed by atoms with Crippen molar-refractivity contribution >= 4 is 44.3 Å². The normalized spacial score (nSPS) is 15.1. The van der Waals surface area contributed by atoms with Gasteiger partial charge in [-0.3, -0.25) is 14.7 Å². The number of pyridine rings is 3. The average molecular weight is 436 g/mol. The zero-order valence-corrected chi connectivity index (χ0v) is 18.5. The van der Waals surface area contributed by atoms with Crippen molar-refractivity contribution in [2.24, 2.45) is 0 Å². The molecule has 1 saturated heterocycles. The van der Waals surface area contributed by atoms with Gasteiger partial charge in [0.1, 0.15) is 5.52 Å². The fraction of sp³-hybridized carbons (Fsp3) is 0.364. The number of piperazine rings is 1. The Balaban J connectivity index is 1.26. The van der Waals surface area contributed by atoms with Crippen molar-refractivity contribution in [3.05, 3.63) is 52.1 Å². The summed E-state index contributed by atoms with van der Waals surface area (Å²) in [5.74, 6) is 0.840. The maximum atomic E-state index is 12.1. The van der Waals surface area contributed by atoms with Crippen LogP contribution in [0.4, 0.5) is 11.5 Å². The Labute approximate surface area is 184 Å². The number of H-pyrrole nitrogens is 1. The number of aryl methyl sites for hydroxylation is 1. The number of hydrogen-bond acceptors (Lipinski definition) is 8. The third kappa shape index (κ3) is 3.86. The van der Waals surface area contributed by atoms with Crippen LogP contribution >= 0.6 is 11.5 Å². The molecule has 0 saturated carbocycles. The first-order chi connectivity index (χ1) is 15.1. The van der Waals surface area contributed by atoms with Crippen LogP contribution in [-0.2, 0) is 13.0 Å². The Hall–Kier alpha value is -3.04. The van der Waals surface area contributed by atoms with Gasteiger partial charge in [-0.1, -0.05) is 6.92 Å². The minimum Gasteiger partial charge on any atom is -0.370 e. The van der Waals surface area contributed by atoms with Crippen LogP contribution in [0, 0.1) is 0 Å². The molecule has 5 rings (SSSR count). The molecule has 9 heteroatoms. The maximum Gasteiger partial charge on any atom is 0.251 e. The van der Waals surface area contributed by atoms with Gasteiger partial charge in [0.05, 0.1) is 27.6 Å². The van der Waals surface area contributed by atoms with E-state index in [1.807, 2.05) is 32.4 Å². The largest absolute Gasteiger partial charge is 0.370 e. The van der Waals surface area contributed by atoms with Crippen LogP contribution in [0.3, 0.4) is 0 Å². The monoisotopic (exact) mass is 435 g/mol. The van der Waals surface area contributed by atoms with Crippen LogP contribution in [0.15, 0.2) is 35.4 Å². The van der Waals surface area contributed by atoms with Gasteiger partial charge in [-0.25, -0.2) is 4.98 Å². The number of rotatable bonds is 5. The summed E-state index contributed by atoms with van der Waals surface area (Å²) in [4.78, 5) is 29.1. The number of aromatic amines is 1. The van der Waals surface area contributed by atoms with Crippen molar-refractivity contribution in [3.63, 3.8) is 0 Å². The highest BCUT2D eigenvalue weighted by molar-refractivity contribution is 7.13. The Kier molecular flexibility index (Phi) is 5.29. The Morgan fingerprint density at radius 3 is 2.74 bits per heavy atom. The lowest BCUT2D eigenvalue weighted by Crippen LogP contribution is -2.46. The standard InChI is InChI=1S/C22H25N7OS/c1-3-15-9-17-18(26-22(15)30)8-14(11-24-17)13-28-4-6-29(7-5-28)16-10-19-20(25-12-16)21(23-2)27-31-19/h8-12H,3-7,13H2,1-2H3,(H,23,27)(H,26,30). The van der Waals surface area contributed by atoms with Gasteiger partial charge in [0.25, 0.3) is 5.56 Å². The van der Waals surface area contributed by atoms with E-state index in [9.17, 15) is 4.79 Å². The Bertz CT molecular complexity index is 1290. The summed E-state index contributed by atoms with van der Waals surface area (Å²) in [5, 5.41) is 3.09. The second-order valence-electron chi connectivity index (χ2n) is 7.84. The summed E-state index contributed by atoms with van der Waals surface area (Å²) in [6, 6.07) is 6.13. The number of aromatic nitrogens is 4. The van der Waals surface area contributed by atoms with E-state index in [1.165, 1.54) is 11.5 Å². The molecule has 5 heterocycles. The quantitative estimate of drug-likeness (QED) is 0.498. The molecule has 160 valence electrons. The molecule has 8 nitrogen and oxygen atoms in total. The minimum atomic E-state index is -0.0177. The van der Waals surface area contributed by atoms with Crippen molar-refractivity contribution in [2.75, 3.05) is 43.4 Å². The Morgan fingerprint density at radius 2 is 1.97 bits per heavy atom. The maximum absolute atomic E-state index is 12.1. The lowest BCUT2D eigenvalue weighted by atomic mass is 10.1. The number of nitrogens with one attached hydrogen (secondary N) is 2. The van der Waals surface area contributed by atoms with Crippen molar-refractivity contribution in [1.82, 2.24) is 24.2 Å². The highest BCUT2D eigenvalue weighted by Crippen LogP contribution is 2.28. The molecule has 0 amide bonds. The van der Waals surface area contributed by atoms with E-state index in [4.69, 9.17) is 0 Å². The van der Waals surface area contributed by atoms with Crippen molar-refractivity contribution in [1.29, 1.82) is 0 Å². The van der Waals surface area contributed by atoms with E-state index < -0.39 is 0 Å². The van der Waals surface area contributed by atoms with E-state index >= 15 is 0 Å². The van der Waals surface area contributed by atoms with E-state index in [-0.39, 0.29) is 5.56 Å². The summed E-state index contributed by atoms with van der Waals surface area (Å²) < 4.78 is 5.51. The molecule has 0 radical (unpaired) electrons. The number of hydrogen-bond donors (Lipinski definition) is 2. The van der Waals surface area contributed by atoms with Crippen LogP contribution in [0.2, 0.25) is 0 Å². The van der Waals surface area contributed by atoms with Crippen LogP contribution in [0.1, 0.15) is 18.1 Å². The molecule has 4 aromatic heterocycles. The lowest BCUT2D eigenvalue weighted by Gasteiger charge is -2.35. The smallest absolute Gasteiger partial charge is 0.251 e. The zero-order chi connectivity index (χ0) is 21.4. The van der Waals surface area contributed by atoms with Crippen LogP contribution in [-0.4, -0.2) is 57.5 Å². The van der Waals surface area contributed by atoms with Gasteiger partial charge in [-0.05, 0) is 41.7 Å². The van der Waals surface area contributed by atoms with Crippen molar-refractivity contribution < 1.29 is 0 Å².